The third kappa shape index (κ3) is 3.04. The minimum absolute atomic E-state index is 0.125. The lowest BCUT2D eigenvalue weighted by Crippen LogP contribution is -2.28. The number of benzene rings is 1. The van der Waals surface area contributed by atoms with E-state index in [1.165, 1.54) is 11.3 Å². The van der Waals surface area contributed by atoms with E-state index in [0.29, 0.717) is 22.6 Å². The first kappa shape index (κ1) is 16.6. The zero-order chi connectivity index (χ0) is 18.1. The first-order chi connectivity index (χ1) is 12.7. The summed E-state index contributed by atoms with van der Waals surface area (Å²) in [6.45, 7) is 0.624. The Morgan fingerprint density at radius 3 is 3.12 bits per heavy atom. The molecule has 134 valence electrons. The summed E-state index contributed by atoms with van der Waals surface area (Å²) in [5.74, 6) is -0.285. The number of para-hydroxylation sites is 1. The van der Waals surface area contributed by atoms with Gasteiger partial charge in [0, 0.05) is 25.5 Å². The molecule has 26 heavy (non-hydrogen) atoms. The number of nitrogens with one attached hydrogen (secondary N) is 2. The second kappa shape index (κ2) is 6.81. The fourth-order valence-electron chi connectivity index (χ4n) is 2.94. The number of methoxy groups -OCH3 is 1. The van der Waals surface area contributed by atoms with Gasteiger partial charge in [0.15, 0.2) is 5.82 Å². The van der Waals surface area contributed by atoms with E-state index in [1.807, 2.05) is 24.3 Å². The van der Waals surface area contributed by atoms with Crippen LogP contribution in [-0.4, -0.2) is 45.9 Å². The van der Waals surface area contributed by atoms with Gasteiger partial charge in [-0.3, -0.25) is 19.6 Å². The zero-order valence-corrected chi connectivity index (χ0v) is 14.7. The van der Waals surface area contributed by atoms with Gasteiger partial charge in [-0.25, -0.2) is 0 Å². The van der Waals surface area contributed by atoms with Crippen LogP contribution in [-0.2, 0) is 20.9 Å². The molecule has 0 spiro atoms. The van der Waals surface area contributed by atoms with Gasteiger partial charge in [-0.1, -0.05) is 23.5 Å². The molecule has 0 bridgehead atoms. The van der Waals surface area contributed by atoms with Crippen molar-refractivity contribution in [1.29, 1.82) is 0 Å². The number of amides is 2. The van der Waals surface area contributed by atoms with E-state index in [2.05, 4.69) is 25.7 Å². The number of aromatic amines is 1. The molecule has 1 atom stereocenters. The second-order valence-electron chi connectivity index (χ2n) is 5.92. The van der Waals surface area contributed by atoms with Crippen molar-refractivity contribution in [2.24, 2.45) is 5.92 Å². The molecule has 2 amide bonds. The van der Waals surface area contributed by atoms with Gasteiger partial charge >= 0.3 is 0 Å². The van der Waals surface area contributed by atoms with E-state index >= 15 is 0 Å². The van der Waals surface area contributed by atoms with Crippen LogP contribution < -0.4 is 10.2 Å². The minimum atomic E-state index is -0.465. The number of carbonyl (C=O) groups is 2. The first-order valence-electron chi connectivity index (χ1n) is 8.01. The lowest BCUT2D eigenvalue weighted by molar-refractivity contribution is -0.122. The Hall–Kier alpha value is -2.85. The number of nitrogens with zero attached hydrogens (tertiary/aromatic N) is 4. The van der Waals surface area contributed by atoms with Crippen molar-refractivity contribution in [3.8, 4) is 0 Å². The van der Waals surface area contributed by atoms with Crippen LogP contribution in [0.5, 0.6) is 0 Å². The molecule has 1 unspecified atom stereocenters. The SMILES string of the molecule is COCc1nnc(NC(=O)C2CC(=O)N(c3n[nH]c4ccccc34)C2)s1. The van der Waals surface area contributed by atoms with E-state index < -0.39 is 5.92 Å². The van der Waals surface area contributed by atoms with Gasteiger partial charge < -0.3 is 10.1 Å². The summed E-state index contributed by atoms with van der Waals surface area (Å²) in [6, 6.07) is 7.57. The Morgan fingerprint density at radius 2 is 2.27 bits per heavy atom. The topological polar surface area (TPSA) is 113 Å². The highest BCUT2D eigenvalue weighted by molar-refractivity contribution is 7.15. The van der Waals surface area contributed by atoms with Crippen molar-refractivity contribution in [2.45, 2.75) is 13.0 Å². The van der Waals surface area contributed by atoms with E-state index in [9.17, 15) is 9.59 Å². The van der Waals surface area contributed by atoms with Crippen LogP contribution in [0.4, 0.5) is 10.9 Å². The summed E-state index contributed by atoms with van der Waals surface area (Å²) < 4.78 is 4.98. The zero-order valence-electron chi connectivity index (χ0n) is 13.9. The van der Waals surface area contributed by atoms with Crippen LogP contribution in [0.25, 0.3) is 10.9 Å². The molecule has 0 radical (unpaired) electrons. The molecule has 0 aliphatic carbocycles. The van der Waals surface area contributed by atoms with Crippen LogP contribution in [0.1, 0.15) is 11.4 Å². The van der Waals surface area contributed by atoms with Gasteiger partial charge in [0.2, 0.25) is 16.9 Å². The predicted octanol–water partition coefficient (Wildman–Crippen LogP) is 1.55. The largest absolute Gasteiger partial charge is 0.377 e. The number of rotatable bonds is 5. The molecule has 4 rings (SSSR count). The van der Waals surface area contributed by atoms with Crippen LogP contribution in [0.15, 0.2) is 24.3 Å². The van der Waals surface area contributed by atoms with Crippen LogP contribution >= 0.6 is 11.3 Å². The van der Waals surface area contributed by atoms with E-state index in [4.69, 9.17) is 4.74 Å². The van der Waals surface area contributed by atoms with Gasteiger partial charge in [-0.05, 0) is 12.1 Å². The van der Waals surface area contributed by atoms with E-state index in [-0.39, 0.29) is 24.8 Å². The smallest absolute Gasteiger partial charge is 0.231 e. The average molecular weight is 372 g/mol. The molecule has 0 saturated carbocycles. The number of fused-ring (bicyclic) bond motifs is 1. The number of hydrogen-bond donors (Lipinski definition) is 2. The molecule has 1 saturated heterocycles. The molecule has 2 aromatic heterocycles. The van der Waals surface area contributed by atoms with Gasteiger partial charge in [-0.2, -0.15) is 5.10 Å². The first-order valence-corrected chi connectivity index (χ1v) is 8.83. The summed E-state index contributed by atoms with van der Waals surface area (Å²) in [4.78, 5) is 26.5. The van der Waals surface area contributed by atoms with E-state index in [1.54, 1.807) is 12.0 Å². The Balaban J connectivity index is 1.47. The van der Waals surface area contributed by atoms with Crippen molar-refractivity contribution in [3.05, 3.63) is 29.3 Å². The lowest BCUT2D eigenvalue weighted by Gasteiger charge is -2.13. The predicted molar refractivity (Wildman–Crippen MR) is 95.8 cm³/mol. The van der Waals surface area contributed by atoms with Crippen molar-refractivity contribution < 1.29 is 14.3 Å². The molecule has 1 aromatic carbocycles. The Bertz CT molecular complexity index is 968. The Kier molecular flexibility index (Phi) is 4.35. The number of aromatic nitrogens is 4. The Labute approximate surface area is 152 Å². The fourth-order valence-corrected chi connectivity index (χ4v) is 3.65. The maximum absolute atomic E-state index is 12.5. The maximum atomic E-state index is 12.5. The maximum Gasteiger partial charge on any atom is 0.231 e. The lowest BCUT2D eigenvalue weighted by atomic mass is 10.1. The minimum Gasteiger partial charge on any atom is -0.377 e. The standard InChI is InChI=1S/C16H16N6O3S/c1-25-8-12-19-21-16(26-12)17-15(24)9-6-13(23)22(7-9)14-10-4-2-3-5-11(10)18-20-14/h2-5,9H,6-8H2,1H3,(H,18,20)(H,17,21,24). The summed E-state index contributed by atoms with van der Waals surface area (Å²) in [5, 5.41) is 19.7. The molecule has 3 aromatic rings. The number of hydrogen-bond acceptors (Lipinski definition) is 7. The average Bonchev–Trinajstić information content (AvgIpc) is 3.34. The molecule has 3 heterocycles. The summed E-state index contributed by atoms with van der Waals surface area (Å²) in [7, 11) is 1.57. The number of carbonyl (C=O) groups excluding carboxylic acids is 2. The summed E-state index contributed by atoms with van der Waals surface area (Å²) in [5.41, 5.74) is 0.850. The van der Waals surface area contributed by atoms with Crippen molar-refractivity contribution >= 4 is 45.0 Å². The molecule has 10 heteroatoms. The summed E-state index contributed by atoms with van der Waals surface area (Å²) in [6.07, 6.45) is 0.136. The normalized spacial score (nSPS) is 17.2. The molecular formula is C16H16N6O3S. The molecule has 1 aliphatic rings. The monoisotopic (exact) mass is 372 g/mol. The second-order valence-corrected chi connectivity index (χ2v) is 6.98. The van der Waals surface area contributed by atoms with Gasteiger partial charge in [-0.15, -0.1) is 10.2 Å². The highest BCUT2D eigenvalue weighted by atomic mass is 32.1. The molecule has 9 nitrogen and oxygen atoms in total. The van der Waals surface area contributed by atoms with Gasteiger partial charge in [0.25, 0.3) is 0 Å². The van der Waals surface area contributed by atoms with Crippen LogP contribution in [0, 0.1) is 5.92 Å². The van der Waals surface area contributed by atoms with Gasteiger partial charge in [0.1, 0.15) is 11.6 Å². The number of H-pyrrole nitrogens is 1. The van der Waals surface area contributed by atoms with Crippen molar-refractivity contribution in [3.63, 3.8) is 0 Å². The third-order valence-electron chi connectivity index (χ3n) is 4.17. The third-order valence-corrected chi connectivity index (χ3v) is 4.98. The van der Waals surface area contributed by atoms with Crippen LogP contribution in [0.2, 0.25) is 0 Å². The highest BCUT2D eigenvalue weighted by Gasteiger charge is 2.37. The van der Waals surface area contributed by atoms with Crippen molar-refractivity contribution in [1.82, 2.24) is 20.4 Å². The highest BCUT2D eigenvalue weighted by Crippen LogP contribution is 2.30. The molecule has 1 fully saturated rings. The summed E-state index contributed by atoms with van der Waals surface area (Å²) >= 11 is 1.25. The van der Waals surface area contributed by atoms with Crippen LogP contribution in [0.3, 0.4) is 0 Å². The Morgan fingerprint density at radius 1 is 1.42 bits per heavy atom. The molecule has 2 N–H and O–H groups in total. The quantitative estimate of drug-likeness (QED) is 0.703. The van der Waals surface area contributed by atoms with E-state index in [0.717, 1.165) is 10.9 Å². The number of ether oxygens (including phenoxy) is 1. The number of anilines is 2. The van der Waals surface area contributed by atoms with Crippen molar-refractivity contribution in [2.75, 3.05) is 23.9 Å². The molecule has 1 aliphatic heterocycles. The van der Waals surface area contributed by atoms with Gasteiger partial charge in [0.05, 0.1) is 11.4 Å². The molecular weight excluding hydrogens is 356 g/mol. The fraction of sp³-hybridized carbons (Fsp3) is 0.312.